The summed E-state index contributed by atoms with van der Waals surface area (Å²) in [5.41, 5.74) is 3.22. The highest BCUT2D eigenvalue weighted by Crippen LogP contribution is 2.16. The maximum Gasteiger partial charge on any atom is 0.269 e. The van der Waals surface area contributed by atoms with Crippen LogP contribution in [0.5, 0.6) is 0 Å². The normalized spacial score (nSPS) is 11.9. The Morgan fingerprint density at radius 2 is 1.34 bits per heavy atom. The van der Waals surface area contributed by atoms with E-state index in [4.69, 9.17) is 5.11 Å². The molecule has 1 N–H and O–H groups in total. The second kappa shape index (κ2) is 12.1. The third-order valence-corrected chi connectivity index (χ3v) is 4.25. The molecular weight excluding hydrogens is 364 g/mol. The summed E-state index contributed by atoms with van der Waals surface area (Å²) in [6, 6.07) is 14.7. The van der Waals surface area contributed by atoms with Crippen molar-refractivity contribution in [2.75, 3.05) is 24.6 Å². The molecular formula is C24H26N2O3. The van der Waals surface area contributed by atoms with Crippen LogP contribution < -0.4 is 4.90 Å². The minimum Gasteiger partial charge on any atom is -0.395 e. The van der Waals surface area contributed by atoms with Crippen LogP contribution in [-0.2, 0) is 0 Å². The van der Waals surface area contributed by atoms with Crippen molar-refractivity contribution in [3.8, 4) is 0 Å². The van der Waals surface area contributed by atoms with Crippen LogP contribution in [0.3, 0.4) is 0 Å². The van der Waals surface area contributed by atoms with Gasteiger partial charge in [0.15, 0.2) is 0 Å². The van der Waals surface area contributed by atoms with Gasteiger partial charge in [0.25, 0.3) is 5.69 Å². The number of hydrogen-bond donors (Lipinski definition) is 1. The standard InChI is InChI=1S/C24H26N2O3/c1-2-25(19-20-27)23-15-11-21(12-16-23)9-7-5-3-4-6-8-10-22-13-17-24(18-14-22)26(28)29/h3-18,27H,2,19-20H2,1H3/b5-3+,6-4+,9-7+,10-8+. The van der Waals surface area contributed by atoms with E-state index in [9.17, 15) is 10.1 Å². The molecule has 2 aromatic rings. The molecule has 150 valence electrons. The molecule has 0 fully saturated rings. The zero-order valence-corrected chi connectivity index (χ0v) is 16.5. The molecule has 0 unspecified atom stereocenters. The van der Waals surface area contributed by atoms with Gasteiger partial charge in [-0.2, -0.15) is 0 Å². The Morgan fingerprint density at radius 1 is 0.862 bits per heavy atom. The monoisotopic (exact) mass is 390 g/mol. The number of rotatable bonds is 10. The smallest absolute Gasteiger partial charge is 0.269 e. The molecule has 0 aliphatic carbocycles. The molecule has 0 bridgehead atoms. The van der Waals surface area contributed by atoms with Gasteiger partial charge in [-0.05, 0) is 42.3 Å². The topological polar surface area (TPSA) is 66.6 Å². The van der Waals surface area contributed by atoms with Gasteiger partial charge in [0, 0.05) is 30.9 Å². The van der Waals surface area contributed by atoms with Gasteiger partial charge in [0.2, 0.25) is 0 Å². The number of aliphatic hydroxyl groups is 1. The summed E-state index contributed by atoms with van der Waals surface area (Å²) in [6.45, 7) is 3.72. The molecule has 5 nitrogen and oxygen atoms in total. The van der Waals surface area contributed by atoms with E-state index >= 15 is 0 Å². The highest BCUT2D eigenvalue weighted by atomic mass is 16.6. The van der Waals surface area contributed by atoms with Gasteiger partial charge in [-0.3, -0.25) is 10.1 Å². The summed E-state index contributed by atoms with van der Waals surface area (Å²) in [6.07, 6.45) is 15.5. The van der Waals surface area contributed by atoms with Crippen molar-refractivity contribution < 1.29 is 10.0 Å². The van der Waals surface area contributed by atoms with Crippen molar-refractivity contribution in [1.29, 1.82) is 0 Å². The molecule has 0 aromatic heterocycles. The molecule has 0 aliphatic rings. The lowest BCUT2D eigenvalue weighted by atomic mass is 10.1. The fourth-order valence-electron chi connectivity index (χ4n) is 2.68. The largest absolute Gasteiger partial charge is 0.395 e. The Hall–Kier alpha value is -3.44. The quantitative estimate of drug-likeness (QED) is 0.342. The molecule has 0 heterocycles. The first-order valence-corrected chi connectivity index (χ1v) is 9.52. The molecule has 0 aliphatic heterocycles. The van der Waals surface area contributed by atoms with Crippen LogP contribution in [-0.4, -0.2) is 29.7 Å². The van der Waals surface area contributed by atoms with Gasteiger partial charge in [0.05, 0.1) is 11.5 Å². The molecule has 0 atom stereocenters. The number of aliphatic hydroxyl groups excluding tert-OH is 1. The zero-order valence-electron chi connectivity index (χ0n) is 16.5. The van der Waals surface area contributed by atoms with Crippen molar-refractivity contribution in [3.63, 3.8) is 0 Å². The van der Waals surface area contributed by atoms with Crippen LogP contribution in [0.2, 0.25) is 0 Å². The lowest BCUT2D eigenvalue weighted by Gasteiger charge is -2.21. The fourth-order valence-corrected chi connectivity index (χ4v) is 2.68. The summed E-state index contributed by atoms with van der Waals surface area (Å²) >= 11 is 0. The number of non-ortho nitro benzene ring substituents is 1. The highest BCUT2D eigenvalue weighted by molar-refractivity contribution is 5.57. The van der Waals surface area contributed by atoms with E-state index < -0.39 is 4.92 Å². The summed E-state index contributed by atoms with van der Waals surface area (Å²) in [5.74, 6) is 0. The summed E-state index contributed by atoms with van der Waals surface area (Å²) in [7, 11) is 0. The van der Waals surface area contributed by atoms with Crippen LogP contribution in [0.25, 0.3) is 12.2 Å². The Labute approximate surface area is 171 Å². The summed E-state index contributed by atoms with van der Waals surface area (Å²) in [5, 5.41) is 19.7. The number of anilines is 1. The van der Waals surface area contributed by atoms with E-state index in [2.05, 4.69) is 36.1 Å². The number of nitrogens with zero attached hydrogens (tertiary/aromatic N) is 2. The molecule has 29 heavy (non-hydrogen) atoms. The predicted molar refractivity (Wildman–Crippen MR) is 121 cm³/mol. The lowest BCUT2D eigenvalue weighted by molar-refractivity contribution is -0.384. The van der Waals surface area contributed by atoms with E-state index in [-0.39, 0.29) is 12.3 Å². The number of allylic oxidation sites excluding steroid dienone is 6. The van der Waals surface area contributed by atoms with E-state index in [0.29, 0.717) is 6.54 Å². The average Bonchev–Trinajstić information content (AvgIpc) is 2.74. The van der Waals surface area contributed by atoms with Crippen molar-refractivity contribution >= 4 is 23.5 Å². The number of hydrogen-bond acceptors (Lipinski definition) is 4. The van der Waals surface area contributed by atoms with Crippen molar-refractivity contribution in [3.05, 3.63) is 106 Å². The van der Waals surface area contributed by atoms with Crippen molar-refractivity contribution in [2.24, 2.45) is 0 Å². The molecule has 0 saturated carbocycles. The van der Waals surface area contributed by atoms with Gasteiger partial charge in [-0.1, -0.05) is 60.7 Å². The maximum atomic E-state index is 10.6. The minimum absolute atomic E-state index is 0.0925. The molecule has 2 rings (SSSR count). The van der Waals surface area contributed by atoms with Crippen LogP contribution in [0.15, 0.2) is 85.0 Å². The number of benzene rings is 2. The predicted octanol–water partition coefficient (Wildman–Crippen LogP) is 5.25. The van der Waals surface area contributed by atoms with Crippen LogP contribution in [0.4, 0.5) is 11.4 Å². The Kier molecular flexibility index (Phi) is 9.12. The third-order valence-electron chi connectivity index (χ3n) is 4.25. The van der Waals surface area contributed by atoms with Gasteiger partial charge in [-0.25, -0.2) is 0 Å². The molecule has 5 heteroatoms. The first-order valence-electron chi connectivity index (χ1n) is 9.52. The van der Waals surface area contributed by atoms with Gasteiger partial charge in [-0.15, -0.1) is 0 Å². The fraction of sp³-hybridized carbons (Fsp3) is 0.167. The number of likely N-dealkylation sites (N-methyl/N-ethyl adjacent to an activating group) is 1. The van der Waals surface area contributed by atoms with Crippen LogP contribution in [0.1, 0.15) is 18.1 Å². The Morgan fingerprint density at radius 3 is 1.79 bits per heavy atom. The van der Waals surface area contributed by atoms with E-state index in [0.717, 1.165) is 23.4 Å². The third kappa shape index (κ3) is 7.60. The van der Waals surface area contributed by atoms with E-state index in [1.54, 1.807) is 12.1 Å². The van der Waals surface area contributed by atoms with Crippen LogP contribution >= 0.6 is 0 Å². The molecule has 0 radical (unpaired) electrons. The van der Waals surface area contributed by atoms with Crippen molar-refractivity contribution in [1.82, 2.24) is 0 Å². The summed E-state index contributed by atoms with van der Waals surface area (Å²) < 4.78 is 0. The van der Waals surface area contributed by atoms with E-state index in [1.807, 2.05) is 48.6 Å². The number of nitro benzene ring substituents is 1. The minimum atomic E-state index is -0.406. The molecule has 0 saturated heterocycles. The molecule has 2 aromatic carbocycles. The van der Waals surface area contributed by atoms with Gasteiger partial charge >= 0.3 is 0 Å². The zero-order chi connectivity index (χ0) is 20.9. The Balaban J connectivity index is 1.81. The molecule has 0 amide bonds. The van der Waals surface area contributed by atoms with Gasteiger partial charge in [0.1, 0.15) is 0 Å². The molecule has 0 spiro atoms. The number of nitro groups is 1. The SMILES string of the molecule is CCN(CCO)c1ccc(/C=C/C=C/C=C/C=C/c2ccc([N+](=O)[O-])cc2)cc1. The first-order chi connectivity index (χ1) is 14.1. The highest BCUT2D eigenvalue weighted by Gasteiger charge is 2.02. The first kappa shape index (κ1) is 21.9. The second-order valence-electron chi connectivity index (χ2n) is 6.23. The van der Waals surface area contributed by atoms with Crippen LogP contribution in [0, 0.1) is 10.1 Å². The maximum absolute atomic E-state index is 10.6. The lowest BCUT2D eigenvalue weighted by Crippen LogP contribution is -2.25. The Bertz CT molecular complexity index is 879. The van der Waals surface area contributed by atoms with Gasteiger partial charge < -0.3 is 10.0 Å². The second-order valence-corrected chi connectivity index (χ2v) is 6.23. The average molecular weight is 390 g/mol. The van der Waals surface area contributed by atoms with E-state index in [1.165, 1.54) is 12.1 Å². The van der Waals surface area contributed by atoms with Crippen molar-refractivity contribution in [2.45, 2.75) is 6.92 Å². The summed E-state index contributed by atoms with van der Waals surface area (Å²) in [4.78, 5) is 12.3.